The predicted molar refractivity (Wildman–Crippen MR) is 153 cm³/mol. The maximum Gasteiger partial charge on any atom is 0.264 e. The smallest absolute Gasteiger partial charge is 0.264 e. The highest BCUT2D eigenvalue weighted by Gasteiger charge is 2.32. The van der Waals surface area contributed by atoms with Crippen molar-refractivity contribution in [3.05, 3.63) is 89.4 Å². The van der Waals surface area contributed by atoms with E-state index in [1.165, 1.54) is 24.1 Å². The minimum atomic E-state index is -4.14. The van der Waals surface area contributed by atoms with Crippen LogP contribution in [0.2, 0.25) is 5.02 Å². The second-order valence-corrected chi connectivity index (χ2v) is 11.3. The number of anilines is 1. The Labute approximate surface area is 235 Å². The number of amides is 2. The molecule has 0 aliphatic heterocycles. The van der Waals surface area contributed by atoms with Gasteiger partial charge >= 0.3 is 0 Å². The molecule has 8 nitrogen and oxygen atoms in total. The molecular formula is C29H34ClN3O5S. The number of carbonyl (C=O) groups excluding carboxylic acids is 2. The molecule has 0 aromatic heterocycles. The lowest BCUT2D eigenvalue weighted by Gasteiger charge is -2.32. The van der Waals surface area contributed by atoms with E-state index in [4.69, 9.17) is 16.3 Å². The molecule has 0 unspecified atom stereocenters. The minimum absolute atomic E-state index is 0.00885. The maximum atomic E-state index is 13.8. The van der Waals surface area contributed by atoms with Gasteiger partial charge in [-0.2, -0.15) is 0 Å². The molecule has 0 heterocycles. The number of para-hydroxylation sites is 1. The first-order valence-electron chi connectivity index (χ1n) is 12.7. The summed E-state index contributed by atoms with van der Waals surface area (Å²) in [4.78, 5) is 28.2. The number of hydrogen-bond donors (Lipinski definition) is 1. The summed E-state index contributed by atoms with van der Waals surface area (Å²) < 4.78 is 33.8. The van der Waals surface area contributed by atoms with Crippen LogP contribution in [0, 0.1) is 0 Å². The van der Waals surface area contributed by atoms with Gasteiger partial charge in [0, 0.05) is 18.1 Å². The summed E-state index contributed by atoms with van der Waals surface area (Å²) in [5, 5.41) is 3.41. The molecule has 0 fully saturated rings. The number of nitrogens with one attached hydrogen (secondary N) is 1. The summed E-state index contributed by atoms with van der Waals surface area (Å²) >= 11 is 6.03. The molecule has 0 aliphatic carbocycles. The van der Waals surface area contributed by atoms with E-state index in [0.717, 1.165) is 22.7 Å². The van der Waals surface area contributed by atoms with Gasteiger partial charge in [-0.15, -0.1) is 0 Å². The van der Waals surface area contributed by atoms with E-state index in [1.54, 1.807) is 73.7 Å². The first-order valence-corrected chi connectivity index (χ1v) is 14.5. The summed E-state index contributed by atoms with van der Waals surface area (Å²) in [6.07, 6.45) is 1.73. The van der Waals surface area contributed by atoms with Crippen molar-refractivity contribution in [2.24, 2.45) is 0 Å². The molecule has 208 valence electrons. The first-order chi connectivity index (χ1) is 18.7. The summed E-state index contributed by atoms with van der Waals surface area (Å²) in [5.41, 5.74) is 1.08. The fourth-order valence-corrected chi connectivity index (χ4v) is 5.44. The molecular weight excluding hydrogens is 538 g/mol. The molecule has 1 N–H and O–H groups in total. The molecule has 3 aromatic rings. The van der Waals surface area contributed by atoms with Crippen LogP contribution in [0.25, 0.3) is 0 Å². The molecule has 1 atom stereocenters. The average molecular weight is 572 g/mol. The molecule has 0 bridgehead atoms. The molecule has 0 aliphatic rings. The van der Waals surface area contributed by atoms with Crippen molar-refractivity contribution in [3.8, 4) is 5.75 Å². The van der Waals surface area contributed by atoms with Gasteiger partial charge in [-0.05, 0) is 67.4 Å². The SMILES string of the molecule is CCCCNC(=O)[C@H](C)N(Cc1ccc(Cl)cc1)C(=O)CN(c1ccccc1)S(=O)(=O)c1ccc(OC)cc1. The number of rotatable bonds is 13. The van der Waals surface area contributed by atoms with E-state index >= 15 is 0 Å². The average Bonchev–Trinajstić information content (AvgIpc) is 2.95. The second-order valence-electron chi connectivity index (χ2n) is 8.99. The van der Waals surface area contributed by atoms with Crippen LogP contribution in [0.15, 0.2) is 83.8 Å². The Morgan fingerprint density at radius 1 is 0.974 bits per heavy atom. The molecule has 0 saturated carbocycles. The van der Waals surface area contributed by atoms with Crippen LogP contribution >= 0.6 is 11.6 Å². The van der Waals surface area contributed by atoms with E-state index in [-0.39, 0.29) is 17.3 Å². The van der Waals surface area contributed by atoms with Gasteiger partial charge in [0.25, 0.3) is 10.0 Å². The van der Waals surface area contributed by atoms with E-state index in [0.29, 0.717) is 23.0 Å². The Balaban J connectivity index is 1.96. The Morgan fingerprint density at radius 3 is 2.21 bits per heavy atom. The molecule has 10 heteroatoms. The van der Waals surface area contributed by atoms with Crippen molar-refractivity contribution in [1.29, 1.82) is 0 Å². The summed E-state index contributed by atoms with van der Waals surface area (Å²) in [6, 6.07) is 20.5. The highest BCUT2D eigenvalue weighted by molar-refractivity contribution is 7.92. The summed E-state index contributed by atoms with van der Waals surface area (Å²) in [7, 11) is -2.64. The third-order valence-corrected chi connectivity index (χ3v) is 8.27. The largest absolute Gasteiger partial charge is 0.497 e. The Kier molecular flexibility index (Phi) is 10.8. The standard InChI is InChI=1S/C29H34ClN3O5S/c1-4-5-19-31-29(35)22(2)32(20-23-11-13-24(30)14-12-23)28(34)21-33(25-9-7-6-8-10-25)39(36,37)27-17-15-26(38-3)16-18-27/h6-18,22H,4-5,19-21H2,1-3H3,(H,31,35)/t22-/m0/s1. The van der Waals surface area contributed by atoms with Crippen molar-refractivity contribution in [2.75, 3.05) is 24.5 Å². The quantitative estimate of drug-likeness (QED) is 0.295. The zero-order valence-electron chi connectivity index (χ0n) is 22.3. The number of unbranched alkanes of at least 4 members (excludes halogenated alkanes) is 1. The predicted octanol–water partition coefficient (Wildman–Crippen LogP) is 4.88. The van der Waals surface area contributed by atoms with Crippen LogP contribution in [0.4, 0.5) is 5.69 Å². The second kappa shape index (κ2) is 14.0. The van der Waals surface area contributed by atoms with Crippen molar-refractivity contribution < 1.29 is 22.7 Å². The van der Waals surface area contributed by atoms with Gasteiger partial charge in [-0.25, -0.2) is 8.42 Å². The number of halogens is 1. The van der Waals surface area contributed by atoms with Crippen molar-refractivity contribution in [2.45, 2.75) is 44.2 Å². The van der Waals surface area contributed by atoms with E-state index in [2.05, 4.69) is 5.32 Å². The molecule has 0 radical (unpaired) electrons. The summed E-state index contributed by atoms with van der Waals surface area (Å²) in [5.74, 6) is -0.326. The highest BCUT2D eigenvalue weighted by Crippen LogP contribution is 2.26. The van der Waals surface area contributed by atoms with Crippen LogP contribution < -0.4 is 14.4 Å². The van der Waals surface area contributed by atoms with Crippen molar-refractivity contribution >= 4 is 39.1 Å². The van der Waals surface area contributed by atoms with E-state index < -0.39 is 28.5 Å². The Morgan fingerprint density at radius 2 is 1.62 bits per heavy atom. The molecule has 0 spiro atoms. The van der Waals surface area contributed by atoms with Gasteiger partial charge in [0.2, 0.25) is 11.8 Å². The third kappa shape index (κ3) is 7.97. The number of methoxy groups -OCH3 is 1. The Bertz CT molecular complexity index is 1330. The fraction of sp³-hybridized carbons (Fsp3) is 0.310. The summed E-state index contributed by atoms with van der Waals surface area (Å²) in [6.45, 7) is 3.75. The van der Waals surface area contributed by atoms with Gasteiger partial charge in [-0.3, -0.25) is 13.9 Å². The lowest BCUT2D eigenvalue weighted by atomic mass is 10.1. The van der Waals surface area contributed by atoms with Crippen LogP contribution in [0.5, 0.6) is 5.75 Å². The third-order valence-electron chi connectivity index (χ3n) is 6.23. The number of carbonyl (C=O) groups is 2. The molecule has 3 rings (SSSR count). The minimum Gasteiger partial charge on any atom is -0.497 e. The van der Waals surface area contributed by atoms with Gasteiger partial charge in [0.1, 0.15) is 18.3 Å². The van der Waals surface area contributed by atoms with E-state index in [1.807, 2.05) is 6.92 Å². The monoisotopic (exact) mass is 571 g/mol. The molecule has 3 aromatic carbocycles. The van der Waals surface area contributed by atoms with Crippen molar-refractivity contribution in [3.63, 3.8) is 0 Å². The highest BCUT2D eigenvalue weighted by atomic mass is 35.5. The van der Waals surface area contributed by atoms with Gasteiger partial charge in [0.05, 0.1) is 17.7 Å². The lowest BCUT2D eigenvalue weighted by Crippen LogP contribution is -2.51. The number of benzene rings is 3. The molecule has 2 amide bonds. The topological polar surface area (TPSA) is 96.0 Å². The van der Waals surface area contributed by atoms with Crippen molar-refractivity contribution in [1.82, 2.24) is 10.2 Å². The molecule has 0 saturated heterocycles. The number of sulfonamides is 1. The lowest BCUT2D eigenvalue weighted by molar-refractivity contribution is -0.139. The van der Waals surface area contributed by atoms with Crippen LogP contribution in [0.3, 0.4) is 0 Å². The van der Waals surface area contributed by atoms with Crippen LogP contribution in [-0.4, -0.2) is 51.4 Å². The van der Waals surface area contributed by atoms with Gasteiger partial charge in [0.15, 0.2) is 0 Å². The zero-order valence-corrected chi connectivity index (χ0v) is 23.9. The number of ether oxygens (including phenoxy) is 1. The number of nitrogens with zero attached hydrogens (tertiary/aromatic N) is 2. The number of hydrogen-bond acceptors (Lipinski definition) is 5. The van der Waals surface area contributed by atoms with Crippen LogP contribution in [-0.2, 0) is 26.2 Å². The maximum absolute atomic E-state index is 13.8. The molecule has 39 heavy (non-hydrogen) atoms. The van der Waals surface area contributed by atoms with E-state index in [9.17, 15) is 18.0 Å². The van der Waals surface area contributed by atoms with Gasteiger partial charge in [-0.1, -0.05) is 55.3 Å². The Hall–Kier alpha value is -3.56. The first kappa shape index (κ1) is 30.0. The zero-order chi connectivity index (χ0) is 28.4. The normalized spacial score (nSPS) is 11.9. The van der Waals surface area contributed by atoms with Crippen LogP contribution in [0.1, 0.15) is 32.3 Å². The van der Waals surface area contributed by atoms with Gasteiger partial charge < -0.3 is 15.0 Å². The fourth-order valence-electron chi connectivity index (χ4n) is 3.90.